The third-order valence-electron chi connectivity index (χ3n) is 3.17. The molecule has 0 radical (unpaired) electrons. The summed E-state index contributed by atoms with van der Waals surface area (Å²) in [6.45, 7) is 1.99. The SMILES string of the molecule is Cc1nc2ccccc2n1-c1ccc(C(=N)N)cc1. The van der Waals surface area contributed by atoms with Crippen LogP contribution in [0.3, 0.4) is 0 Å². The summed E-state index contributed by atoms with van der Waals surface area (Å²) in [6, 6.07) is 15.7. The Morgan fingerprint density at radius 2 is 1.79 bits per heavy atom. The summed E-state index contributed by atoms with van der Waals surface area (Å²) in [5.74, 6) is 1.02. The highest BCUT2D eigenvalue weighted by atomic mass is 15.1. The first-order valence-electron chi connectivity index (χ1n) is 6.06. The minimum Gasteiger partial charge on any atom is -0.384 e. The van der Waals surface area contributed by atoms with Crippen molar-refractivity contribution in [3.8, 4) is 5.69 Å². The minimum atomic E-state index is 0.0822. The Balaban J connectivity index is 2.18. The van der Waals surface area contributed by atoms with Crippen molar-refractivity contribution in [2.24, 2.45) is 5.73 Å². The molecule has 0 saturated carbocycles. The molecule has 1 aromatic heterocycles. The Bertz CT molecular complexity index is 753. The van der Waals surface area contributed by atoms with E-state index in [-0.39, 0.29) is 5.84 Å². The number of hydrogen-bond donors (Lipinski definition) is 2. The largest absolute Gasteiger partial charge is 0.384 e. The van der Waals surface area contributed by atoms with Gasteiger partial charge in [-0.05, 0) is 43.3 Å². The zero-order valence-corrected chi connectivity index (χ0v) is 10.6. The van der Waals surface area contributed by atoms with Crippen molar-refractivity contribution >= 4 is 16.9 Å². The molecule has 2 aromatic carbocycles. The molecule has 0 aliphatic heterocycles. The van der Waals surface area contributed by atoms with Gasteiger partial charge in [0.2, 0.25) is 0 Å². The van der Waals surface area contributed by atoms with Crippen LogP contribution < -0.4 is 5.73 Å². The number of fused-ring (bicyclic) bond motifs is 1. The first kappa shape index (κ1) is 11.5. The molecule has 4 nitrogen and oxygen atoms in total. The highest BCUT2D eigenvalue weighted by Gasteiger charge is 2.08. The second-order valence-corrected chi connectivity index (χ2v) is 4.44. The minimum absolute atomic E-state index is 0.0822. The van der Waals surface area contributed by atoms with Gasteiger partial charge in [-0.15, -0.1) is 0 Å². The lowest BCUT2D eigenvalue weighted by Gasteiger charge is -2.07. The molecule has 0 aliphatic carbocycles. The number of para-hydroxylation sites is 2. The van der Waals surface area contributed by atoms with E-state index in [1.807, 2.05) is 55.5 Å². The molecule has 0 spiro atoms. The maximum atomic E-state index is 7.41. The molecule has 0 bridgehead atoms. The molecule has 1 heterocycles. The van der Waals surface area contributed by atoms with Gasteiger partial charge in [-0.3, -0.25) is 9.98 Å². The molecule has 0 unspecified atom stereocenters. The van der Waals surface area contributed by atoms with Gasteiger partial charge in [-0.2, -0.15) is 0 Å². The van der Waals surface area contributed by atoms with E-state index in [4.69, 9.17) is 11.1 Å². The van der Waals surface area contributed by atoms with Gasteiger partial charge in [0.1, 0.15) is 11.7 Å². The predicted octanol–water partition coefficient (Wildman–Crippen LogP) is 2.62. The molecule has 3 rings (SSSR count). The van der Waals surface area contributed by atoms with E-state index in [2.05, 4.69) is 9.55 Å². The number of aryl methyl sites for hydroxylation is 1. The number of nitrogen functional groups attached to an aromatic ring is 1. The third kappa shape index (κ3) is 1.87. The van der Waals surface area contributed by atoms with Crippen LogP contribution in [0, 0.1) is 12.3 Å². The first-order chi connectivity index (χ1) is 9.16. The number of hydrogen-bond acceptors (Lipinski definition) is 2. The number of rotatable bonds is 2. The maximum absolute atomic E-state index is 7.41. The molecular weight excluding hydrogens is 236 g/mol. The summed E-state index contributed by atoms with van der Waals surface area (Å²) in [4.78, 5) is 4.54. The van der Waals surface area contributed by atoms with E-state index in [1.165, 1.54) is 0 Å². The molecule has 0 fully saturated rings. The average Bonchev–Trinajstić information content (AvgIpc) is 2.74. The van der Waals surface area contributed by atoms with Crippen LogP contribution in [-0.4, -0.2) is 15.4 Å². The van der Waals surface area contributed by atoms with Gasteiger partial charge in [0.15, 0.2) is 0 Å². The molecule has 3 aromatic rings. The number of benzene rings is 2. The van der Waals surface area contributed by atoms with E-state index in [0.29, 0.717) is 0 Å². The summed E-state index contributed by atoms with van der Waals surface area (Å²) in [7, 11) is 0. The van der Waals surface area contributed by atoms with Crippen LogP contribution in [0.15, 0.2) is 48.5 Å². The Morgan fingerprint density at radius 3 is 2.47 bits per heavy atom. The van der Waals surface area contributed by atoms with Gasteiger partial charge < -0.3 is 5.73 Å². The summed E-state index contributed by atoms with van der Waals surface area (Å²) in [5, 5.41) is 7.41. The van der Waals surface area contributed by atoms with Crippen LogP contribution in [0.1, 0.15) is 11.4 Å². The van der Waals surface area contributed by atoms with E-state index < -0.39 is 0 Å². The molecule has 0 amide bonds. The van der Waals surface area contributed by atoms with Crippen LogP contribution in [0.4, 0.5) is 0 Å². The van der Waals surface area contributed by atoms with Gasteiger partial charge in [-0.25, -0.2) is 4.98 Å². The van der Waals surface area contributed by atoms with Crippen molar-refractivity contribution in [1.29, 1.82) is 5.41 Å². The van der Waals surface area contributed by atoms with Crippen molar-refractivity contribution in [2.45, 2.75) is 6.92 Å². The fourth-order valence-corrected chi connectivity index (χ4v) is 2.26. The highest BCUT2D eigenvalue weighted by Crippen LogP contribution is 2.21. The number of nitrogens with one attached hydrogen (secondary N) is 1. The first-order valence-corrected chi connectivity index (χ1v) is 6.06. The lowest BCUT2D eigenvalue weighted by atomic mass is 10.2. The van der Waals surface area contributed by atoms with Crippen LogP contribution in [0.5, 0.6) is 0 Å². The molecule has 3 N–H and O–H groups in total. The van der Waals surface area contributed by atoms with Gasteiger partial charge in [0.05, 0.1) is 11.0 Å². The van der Waals surface area contributed by atoms with Crippen molar-refractivity contribution in [2.75, 3.05) is 0 Å². The van der Waals surface area contributed by atoms with Crippen LogP contribution >= 0.6 is 0 Å². The molecule has 0 atom stereocenters. The molecular formula is C15H14N4. The smallest absolute Gasteiger partial charge is 0.122 e. The zero-order chi connectivity index (χ0) is 13.4. The monoisotopic (exact) mass is 250 g/mol. The van der Waals surface area contributed by atoms with Crippen molar-refractivity contribution in [1.82, 2.24) is 9.55 Å². The van der Waals surface area contributed by atoms with Crippen molar-refractivity contribution in [3.63, 3.8) is 0 Å². The standard InChI is InChI=1S/C15H14N4/c1-10-18-13-4-2-3-5-14(13)19(10)12-8-6-11(7-9-12)15(16)17/h2-9H,1H3,(H3,16,17). The Morgan fingerprint density at radius 1 is 1.11 bits per heavy atom. The van der Waals surface area contributed by atoms with E-state index in [1.54, 1.807) is 0 Å². The summed E-state index contributed by atoms with van der Waals surface area (Å²) in [5.41, 5.74) is 9.28. The third-order valence-corrected chi connectivity index (χ3v) is 3.17. The molecule has 0 aliphatic rings. The quantitative estimate of drug-likeness (QED) is 0.542. The average molecular weight is 250 g/mol. The Labute approximate surface area is 111 Å². The van der Waals surface area contributed by atoms with E-state index in [9.17, 15) is 0 Å². The summed E-state index contributed by atoms with van der Waals surface area (Å²) >= 11 is 0. The number of aromatic nitrogens is 2. The summed E-state index contributed by atoms with van der Waals surface area (Å²) in [6.07, 6.45) is 0. The lowest BCUT2D eigenvalue weighted by Crippen LogP contribution is -2.10. The second kappa shape index (κ2) is 4.24. The highest BCUT2D eigenvalue weighted by molar-refractivity contribution is 5.95. The van der Waals surface area contributed by atoms with Crippen LogP contribution in [0.25, 0.3) is 16.7 Å². The van der Waals surface area contributed by atoms with Gasteiger partial charge in [-0.1, -0.05) is 12.1 Å². The Hall–Kier alpha value is -2.62. The van der Waals surface area contributed by atoms with E-state index >= 15 is 0 Å². The van der Waals surface area contributed by atoms with Crippen molar-refractivity contribution in [3.05, 3.63) is 59.9 Å². The maximum Gasteiger partial charge on any atom is 0.122 e. The molecule has 4 heteroatoms. The molecule has 19 heavy (non-hydrogen) atoms. The second-order valence-electron chi connectivity index (χ2n) is 4.44. The van der Waals surface area contributed by atoms with Gasteiger partial charge >= 0.3 is 0 Å². The topological polar surface area (TPSA) is 67.7 Å². The van der Waals surface area contributed by atoms with E-state index in [0.717, 1.165) is 28.1 Å². The molecule has 0 saturated heterocycles. The van der Waals surface area contributed by atoms with Gasteiger partial charge in [0, 0.05) is 11.3 Å². The fraction of sp³-hybridized carbons (Fsp3) is 0.0667. The summed E-state index contributed by atoms with van der Waals surface area (Å²) < 4.78 is 2.10. The number of amidine groups is 1. The zero-order valence-electron chi connectivity index (χ0n) is 10.6. The van der Waals surface area contributed by atoms with Crippen LogP contribution in [-0.2, 0) is 0 Å². The van der Waals surface area contributed by atoms with Gasteiger partial charge in [0.25, 0.3) is 0 Å². The number of imidazole rings is 1. The number of nitrogens with two attached hydrogens (primary N) is 1. The number of nitrogens with zero attached hydrogens (tertiary/aromatic N) is 2. The van der Waals surface area contributed by atoms with Crippen LogP contribution in [0.2, 0.25) is 0 Å². The lowest BCUT2D eigenvalue weighted by molar-refractivity contribution is 1.00. The Kier molecular flexibility index (Phi) is 2.56. The predicted molar refractivity (Wildman–Crippen MR) is 76.8 cm³/mol. The molecule has 94 valence electrons. The van der Waals surface area contributed by atoms with Crippen molar-refractivity contribution < 1.29 is 0 Å². The fourth-order valence-electron chi connectivity index (χ4n) is 2.26. The normalized spacial score (nSPS) is 10.8.